The number of carbonyl (C=O) groups excluding carboxylic acids is 1. The Kier molecular flexibility index (Phi) is 4.84. The van der Waals surface area contributed by atoms with Crippen LogP contribution in [-0.2, 0) is 4.79 Å². The fraction of sp³-hybridized carbons (Fsp3) is 0.737. The molecule has 1 N–H and O–H groups in total. The first-order valence-electron chi connectivity index (χ1n) is 9.81. The molecule has 1 amide bonds. The van der Waals surface area contributed by atoms with Gasteiger partial charge < -0.3 is 14.9 Å². The first kappa shape index (κ1) is 17.7. The monoisotopic (exact) mass is 359 g/mol. The van der Waals surface area contributed by atoms with E-state index in [4.69, 9.17) is 0 Å². The number of aromatic nitrogens is 2. The summed E-state index contributed by atoms with van der Waals surface area (Å²) in [5.41, 5.74) is -0.669. The average molecular weight is 359 g/mol. The Labute approximate surface area is 155 Å². The SMILES string of the molecule is C[C@@H]1CN(C(=O)CN2CCN(c3ncccn3)CC2)C[C@@]1(O)C1CCC1. The van der Waals surface area contributed by atoms with E-state index in [9.17, 15) is 9.90 Å². The third-order valence-electron chi connectivity index (χ3n) is 6.52. The van der Waals surface area contributed by atoms with Crippen LogP contribution in [0.5, 0.6) is 0 Å². The van der Waals surface area contributed by atoms with Gasteiger partial charge in [0.25, 0.3) is 0 Å². The minimum atomic E-state index is -0.669. The first-order chi connectivity index (χ1) is 12.6. The molecule has 1 aromatic rings. The molecule has 3 heterocycles. The van der Waals surface area contributed by atoms with E-state index in [-0.39, 0.29) is 11.8 Å². The summed E-state index contributed by atoms with van der Waals surface area (Å²) in [5.74, 6) is 1.46. The van der Waals surface area contributed by atoms with Crippen LogP contribution in [0, 0.1) is 11.8 Å². The normalized spacial score (nSPS) is 30.5. The zero-order valence-corrected chi connectivity index (χ0v) is 15.5. The molecule has 142 valence electrons. The maximum absolute atomic E-state index is 12.8. The molecule has 0 spiro atoms. The van der Waals surface area contributed by atoms with Crippen LogP contribution in [0.4, 0.5) is 5.95 Å². The molecule has 2 atom stereocenters. The molecule has 7 heteroatoms. The zero-order chi connectivity index (χ0) is 18.1. The van der Waals surface area contributed by atoms with Gasteiger partial charge in [-0.05, 0) is 24.8 Å². The highest BCUT2D eigenvalue weighted by Crippen LogP contribution is 2.44. The van der Waals surface area contributed by atoms with Crippen molar-refractivity contribution in [2.24, 2.45) is 11.8 Å². The van der Waals surface area contributed by atoms with E-state index in [0.717, 1.165) is 45.0 Å². The molecule has 0 bridgehead atoms. The summed E-state index contributed by atoms with van der Waals surface area (Å²) in [6.07, 6.45) is 6.94. The number of hydrogen-bond acceptors (Lipinski definition) is 6. The maximum Gasteiger partial charge on any atom is 0.236 e. The Morgan fingerprint density at radius 3 is 2.54 bits per heavy atom. The lowest BCUT2D eigenvalue weighted by atomic mass is 9.69. The van der Waals surface area contributed by atoms with Crippen LogP contribution in [0.1, 0.15) is 26.2 Å². The number of likely N-dealkylation sites (tertiary alicyclic amines) is 1. The van der Waals surface area contributed by atoms with Crippen molar-refractivity contribution in [2.45, 2.75) is 31.8 Å². The lowest BCUT2D eigenvalue weighted by molar-refractivity contribution is -0.133. The van der Waals surface area contributed by atoms with Crippen LogP contribution in [-0.4, -0.2) is 82.2 Å². The predicted molar refractivity (Wildman–Crippen MR) is 98.7 cm³/mol. The molecule has 1 aliphatic carbocycles. The highest BCUT2D eigenvalue weighted by Gasteiger charge is 2.51. The van der Waals surface area contributed by atoms with Crippen LogP contribution in [0.15, 0.2) is 18.5 Å². The molecule has 0 unspecified atom stereocenters. The molecule has 0 radical (unpaired) electrons. The molecular weight excluding hydrogens is 330 g/mol. The maximum atomic E-state index is 12.8. The number of nitrogens with zero attached hydrogens (tertiary/aromatic N) is 5. The molecule has 7 nitrogen and oxygen atoms in total. The molecule has 26 heavy (non-hydrogen) atoms. The summed E-state index contributed by atoms with van der Waals surface area (Å²) in [5, 5.41) is 11.0. The standard InChI is InChI=1S/C19H29N5O2/c1-15-12-24(14-19(15,26)16-4-2-5-16)17(25)13-22-8-10-23(11-9-22)18-20-6-3-7-21-18/h3,6-7,15-16,26H,2,4-5,8-14H2,1H3/t15-,19+/m1/s1. The summed E-state index contributed by atoms with van der Waals surface area (Å²) >= 11 is 0. The second-order valence-electron chi connectivity index (χ2n) is 8.11. The van der Waals surface area contributed by atoms with Crippen molar-refractivity contribution in [2.75, 3.05) is 50.7 Å². The van der Waals surface area contributed by atoms with Gasteiger partial charge in [0.2, 0.25) is 11.9 Å². The van der Waals surface area contributed by atoms with E-state index in [2.05, 4.69) is 26.7 Å². The molecule has 3 aliphatic rings. The second kappa shape index (κ2) is 7.12. The van der Waals surface area contributed by atoms with Gasteiger partial charge in [-0.3, -0.25) is 9.69 Å². The van der Waals surface area contributed by atoms with E-state index >= 15 is 0 Å². The highest BCUT2D eigenvalue weighted by molar-refractivity contribution is 5.78. The Balaban J connectivity index is 1.28. The van der Waals surface area contributed by atoms with Crippen LogP contribution < -0.4 is 4.90 Å². The van der Waals surface area contributed by atoms with Crippen molar-refractivity contribution in [3.8, 4) is 0 Å². The highest BCUT2D eigenvalue weighted by atomic mass is 16.3. The van der Waals surface area contributed by atoms with Crippen LogP contribution >= 0.6 is 0 Å². The Hall–Kier alpha value is -1.73. The molecule has 0 aromatic carbocycles. The van der Waals surface area contributed by atoms with Gasteiger partial charge in [-0.1, -0.05) is 13.3 Å². The number of β-amino-alcohol motifs (C(OH)–C–C–N with tert-alkyl or cyclic N) is 1. The number of hydrogen-bond donors (Lipinski definition) is 1. The fourth-order valence-electron chi connectivity index (χ4n) is 4.50. The average Bonchev–Trinajstić information content (AvgIpc) is 2.90. The summed E-state index contributed by atoms with van der Waals surface area (Å²) in [6.45, 7) is 7.06. The van der Waals surface area contributed by atoms with E-state index < -0.39 is 5.60 Å². The van der Waals surface area contributed by atoms with Crippen LogP contribution in [0.3, 0.4) is 0 Å². The molecule has 1 saturated carbocycles. The Morgan fingerprint density at radius 1 is 1.23 bits per heavy atom. The number of piperazine rings is 1. The lowest BCUT2D eigenvalue weighted by Gasteiger charge is -2.41. The fourth-order valence-corrected chi connectivity index (χ4v) is 4.50. The van der Waals surface area contributed by atoms with Gasteiger partial charge in [0.1, 0.15) is 0 Å². The first-order valence-corrected chi connectivity index (χ1v) is 9.81. The summed E-state index contributed by atoms with van der Waals surface area (Å²) in [4.78, 5) is 27.6. The molecule has 2 aliphatic heterocycles. The van der Waals surface area contributed by atoms with Crippen LogP contribution in [0.25, 0.3) is 0 Å². The largest absolute Gasteiger partial charge is 0.387 e. The molecular formula is C19H29N5O2. The summed E-state index contributed by atoms with van der Waals surface area (Å²) in [6, 6.07) is 1.82. The van der Waals surface area contributed by atoms with Gasteiger partial charge >= 0.3 is 0 Å². The number of anilines is 1. The topological polar surface area (TPSA) is 72.8 Å². The van der Waals surface area contributed by atoms with Crippen molar-refractivity contribution in [3.63, 3.8) is 0 Å². The van der Waals surface area contributed by atoms with Crippen molar-refractivity contribution in [3.05, 3.63) is 18.5 Å². The number of aliphatic hydroxyl groups is 1. The third-order valence-corrected chi connectivity index (χ3v) is 6.52. The molecule has 1 aromatic heterocycles. The summed E-state index contributed by atoms with van der Waals surface area (Å²) in [7, 11) is 0. The Bertz CT molecular complexity index is 630. The van der Waals surface area contributed by atoms with Crippen molar-refractivity contribution >= 4 is 11.9 Å². The lowest BCUT2D eigenvalue weighted by Crippen LogP contribution is -2.51. The van der Waals surface area contributed by atoms with Crippen molar-refractivity contribution in [1.29, 1.82) is 0 Å². The van der Waals surface area contributed by atoms with E-state index in [0.29, 0.717) is 25.6 Å². The minimum Gasteiger partial charge on any atom is -0.387 e. The zero-order valence-electron chi connectivity index (χ0n) is 15.5. The van der Waals surface area contributed by atoms with E-state index in [1.165, 1.54) is 6.42 Å². The second-order valence-corrected chi connectivity index (χ2v) is 8.11. The quantitative estimate of drug-likeness (QED) is 0.849. The number of amides is 1. The molecule has 4 rings (SSSR count). The van der Waals surface area contributed by atoms with Gasteiger partial charge in [-0.15, -0.1) is 0 Å². The summed E-state index contributed by atoms with van der Waals surface area (Å²) < 4.78 is 0. The van der Waals surface area contributed by atoms with Gasteiger partial charge in [-0.2, -0.15) is 0 Å². The smallest absolute Gasteiger partial charge is 0.236 e. The van der Waals surface area contributed by atoms with Crippen molar-refractivity contribution < 1.29 is 9.90 Å². The molecule has 2 saturated heterocycles. The van der Waals surface area contributed by atoms with Gasteiger partial charge in [-0.25, -0.2) is 9.97 Å². The van der Waals surface area contributed by atoms with Gasteiger partial charge in [0, 0.05) is 51.0 Å². The number of rotatable bonds is 4. The van der Waals surface area contributed by atoms with Crippen molar-refractivity contribution in [1.82, 2.24) is 19.8 Å². The van der Waals surface area contributed by atoms with Gasteiger partial charge in [0.15, 0.2) is 0 Å². The Morgan fingerprint density at radius 2 is 1.92 bits per heavy atom. The predicted octanol–water partition coefficient (Wildman–Crippen LogP) is 0.608. The van der Waals surface area contributed by atoms with E-state index in [1.807, 2.05) is 11.0 Å². The molecule has 3 fully saturated rings. The minimum absolute atomic E-state index is 0.150. The van der Waals surface area contributed by atoms with E-state index in [1.54, 1.807) is 12.4 Å². The number of carbonyl (C=O) groups is 1. The third kappa shape index (κ3) is 3.30. The van der Waals surface area contributed by atoms with Crippen LogP contribution in [0.2, 0.25) is 0 Å². The van der Waals surface area contributed by atoms with Gasteiger partial charge in [0.05, 0.1) is 18.7 Å².